The van der Waals surface area contributed by atoms with Crippen LogP contribution < -0.4 is 5.32 Å². The number of rotatable bonds is 4. The van der Waals surface area contributed by atoms with Gasteiger partial charge in [0.2, 0.25) is 5.91 Å². The van der Waals surface area contributed by atoms with Crippen LogP contribution in [0.5, 0.6) is 0 Å². The minimum absolute atomic E-state index is 0.0889. The van der Waals surface area contributed by atoms with E-state index in [9.17, 15) is 4.79 Å². The summed E-state index contributed by atoms with van der Waals surface area (Å²) in [5.74, 6) is 0.271. The van der Waals surface area contributed by atoms with E-state index in [1.165, 1.54) is 0 Å². The molecule has 0 bridgehead atoms. The second-order valence-electron chi connectivity index (χ2n) is 5.07. The topological polar surface area (TPSA) is 65.8 Å². The monoisotopic (exact) mass is 257 g/mol. The Morgan fingerprint density at radius 3 is 2.79 bits per heavy atom. The maximum Gasteiger partial charge on any atom is 0.220 e. The lowest BCUT2D eigenvalue weighted by Gasteiger charge is -2.25. The second-order valence-corrected chi connectivity index (χ2v) is 5.07. The van der Waals surface area contributed by atoms with Gasteiger partial charge >= 0.3 is 0 Å². The fourth-order valence-corrected chi connectivity index (χ4v) is 2.45. The first-order valence-electron chi connectivity index (χ1n) is 6.87. The molecule has 0 saturated heterocycles. The number of nitriles is 1. The Labute approximate surface area is 113 Å². The first-order valence-corrected chi connectivity index (χ1v) is 6.87. The van der Waals surface area contributed by atoms with E-state index >= 15 is 0 Å². The van der Waals surface area contributed by atoms with Crippen molar-refractivity contribution < 1.29 is 4.79 Å². The Bertz CT molecular complexity index is 444. The highest BCUT2D eigenvalue weighted by molar-refractivity contribution is 5.76. The molecule has 1 aromatic heterocycles. The largest absolute Gasteiger partial charge is 0.353 e. The molecule has 0 spiro atoms. The number of aromatic nitrogens is 1. The molecule has 1 aliphatic carbocycles. The molecule has 0 atom stereocenters. The van der Waals surface area contributed by atoms with Gasteiger partial charge in [-0.1, -0.05) is 6.07 Å². The standard InChI is InChI=1S/C15H19N3O/c16-11-12-4-6-14(7-5-12)18-15(19)9-8-13-3-1-2-10-17-13/h1-3,10,12,14H,4-9H2,(H,18,19). The summed E-state index contributed by atoms with van der Waals surface area (Å²) in [4.78, 5) is 16.0. The maximum absolute atomic E-state index is 11.8. The molecule has 1 aromatic rings. The summed E-state index contributed by atoms with van der Waals surface area (Å²) in [5, 5.41) is 11.9. The zero-order chi connectivity index (χ0) is 13.5. The molecule has 1 amide bonds. The molecule has 0 aliphatic heterocycles. The Hall–Kier alpha value is -1.89. The van der Waals surface area contributed by atoms with E-state index in [2.05, 4.69) is 16.4 Å². The molecule has 4 nitrogen and oxygen atoms in total. The molecule has 1 aliphatic rings. The van der Waals surface area contributed by atoms with Crippen molar-refractivity contribution in [3.05, 3.63) is 30.1 Å². The Morgan fingerprint density at radius 2 is 2.16 bits per heavy atom. The summed E-state index contributed by atoms with van der Waals surface area (Å²) in [6.45, 7) is 0. The maximum atomic E-state index is 11.8. The highest BCUT2D eigenvalue weighted by Gasteiger charge is 2.21. The van der Waals surface area contributed by atoms with Crippen LogP contribution >= 0.6 is 0 Å². The average molecular weight is 257 g/mol. The molecule has 1 fully saturated rings. The summed E-state index contributed by atoms with van der Waals surface area (Å²) >= 11 is 0. The molecule has 1 saturated carbocycles. The zero-order valence-electron chi connectivity index (χ0n) is 11.0. The van der Waals surface area contributed by atoms with E-state index in [4.69, 9.17) is 5.26 Å². The highest BCUT2D eigenvalue weighted by Crippen LogP contribution is 2.23. The number of carbonyl (C=O) groups excluding carboxylic acids is 1. The number of aryl methyl sites for hydroxylation is 1. The Morgan fingerprint density at radius 1 is 1.37 bits per heavy atom. The summed E-state index contributed by atoms with van der Waals surface area (Å²) in [7, 11) is 0. The molecular weight excluding hydrogens is 238 g/mol. The fraction of sp³-hybridized carbons (Fsp3) is 0.533. The molecule has 0 aromatic carbocycles. The van der Waals surface area contributed by atoms with E-state index in [1.54, 1.807) is 6.20 Å². The van der Waals surface area contributed by atoms with Crippen molar-refractivity contribution in [2.45, 2.75) is 44.6 Å². The lowest BCUT2D eigenvalue weighted by Crippen LogP contribution is -2.37. The van der Waals surface area contributed by atoms with Crippen molar-refractivity contribution in [2.75, 3.05) is 0 Å². The van der Waals surface area contributed by atoms with Gasteiger partial charge in [-0.3, -0.25) is 9.78 Å². The van der Waals surface area contributed by atoms with Crippen LogP contribution in [0.25, 0.3) is 0 Å². The summed E-state index contributed by atoms with van der Waals surface area (Å²) < 4.78 is 0. The van der Waals surface area contributed by atoms with Crippen molar-refractivity contribution in [3.63, 3.8) is 0 Å². The smallest absolute Gasteiger partial charge is 0.220 e. The van der Waals surface area contributed by atoms with E-state index in [-0.39, 0.29) is 17.9 Å². The SMILES string of the molecule is N#CC1CCC(NC(=O)CCc2ccccn2)CC1. The second kappa shape index (κ2) is 6.89. The number of amides is 1. The number of nitrogens with zero attached hydrogens (tertiary/aromatic N) is 2. The highest BCUT2D eigenvalue weighted by atomic mass is 16.1. The third-order valence-corrected chi connectivity index (χ3v) is 3.61. The van der Waals surface area contributed by atoms with Gasteiger partial charge in [0.15, 0.2) is 0 Å². The van der Waals surface area contributed by atoms with Gasteiger partial charge in [-0.25, -0.2) is 0 Å². The van der Waals surface area contributed by atoms with Gasteiger partial charge in [-0.2, -0.15) is 5.26 Å². The number of carbonyl (C=O) groups is 1. The number of pyridine rings is 1. The Kier molecular flexibility index (Phi) is 4.91. The average Bonchev–Trinajstić information content (AvgIpc) is 2.47. The minimum Gasteiger partial charge on any atom is -0.353 e. The lowest BCUT2D eigenvalue weighted by atomic mass is 9.87. The van der Waals surface area contributed by atoms with Crippen LogP contribution in [0.3, 0.4) is 0 Å². The van der Waals surface area contributed by atoms with Crippen LogP contribution in [0.4, 0.5) is 0 Å². The van der Waals surface area contributed by atoms with Crippen LogP contribution in [-0.2, 0) is 11.2 Å². The molecule has 4 heteroatoms. The van der Waals surface area contributed by atoms with Gasteiger partial charge in [0.05, 0.1) is 6.07 Å². The van der Waals surface area contributed by atoms with Crippen molar-refractivity contribution in [3.8, 4) is 6.07 Å². The van der Waals surface area contributed by atoms with E-state index in [0.717, 1.165) is 31.4 Å². The van der Waals surface area contributed by atoms with Gasteiger partial charge in [-0.05, 0) is 44.2 Å². The summed E-state index contributed by atoms with van der Waals surface area (Å²) in [6, 6.07) is 8.30. The third kappa shape index (κ3) is 4.36. The first kappa shape index (κ1) is 13.5. The lowest BCUT2D eigenvalue weighted by molar-refractivity contribution is -0.122. The van der Waals surface area contributed by atoms with Crippen molar-refractivity contribution in [1.29, 1.82) is 5.26 Å². The number of hydrogen-bond acceptors (Lipinski definition) is 3. The molecule has 1 N–H and O–H groups in total. The molecule has 1 heterocycles. The minimum atomic E-state index is 0.0889. The van der Waals surface area contributed by atoms with Gasteiger partial charge in [0.1, 0.15) is 0 Å². The molecular formula is C15H19N3O. The predicted molar refractivity (Wildman–Crippen MR) is 72.1 cm³/mol. The van der Waals surface area contributed by atoms with Crippen LogP contribution in [0.1, 0.15) is 37.8 Å². The van der Waals surface area contributed by atoms with Crippen LogP contribution in [0.15, 0.2) is 24.4 Å². The first-order chi connectivity index (χ1) is 9.28. The van der Waals surface area contributed by atoms with Crippen molar-refractivity contribution >= 4 is 5.91 Å². The van der Waals surface area contributed by atoms with Crippen LogP contribution in [0, 0.1) is 17.2 Å². The van der Waals surface area contributed by atoms with Gasteiger partial charge in [0, 0.05) is 30.3 Å². The summed E-state index contributed by atoms with van der Waals surface area (Å²) in [6.07, 6.45) is 6.57. The third-order valence-electron chi connectivity index (χ3n) is 3.61. The summed E-state index contributed by atoms with van der Waals surface area (Å²) in [5.41, 5.74) is 0.950. The zero-order valence-corrected chi connectivity index (χ0v) is 11.0. The van der Waals surface area contributed by atoms with E-state index < -0.39 is 0 Å². The van der Waals surface area contributed by atoms with E-state index in [1.807, 2.05) is 18.2 Å². The van der Waals surface area contributed by atoms with Gasteiger partial charge in [0.25, 0.3) is 0 Å². The molecule has 100 valence electrons. The van der Waals surface area contributed by atoms with Crippen LogP contribution in [-0.4, -0.2) is 16.9 Å². The quantitative estimate of drug-likeness (QED) is 0.899. The molecule has 0 unspecified atom stereocenters. The molecule has 0 radical (unpaired) electrons. The normalized spacial score (nSPS) is 22.5. The molecule has 19 heavy (non-hydrogen) atoms. The number of nitrogens with one attached hydrogen (secondary N) is 1. The van der Waals surface area contributed by atoms with Gasteiger partial charge < -0.3 is 5.32 Å². The van der Waals surface area contributed by atoms with E-state index in [0.29, 0.717) is 12.8 Å². The number of hydrogen-bond donors (Lipinski definition) is 1. The van der Waals surface area contributed by atoms with Crippen molar-refractivity contribution in [1.82, 2.24) is 10.3 Å². The fourth-order valence-electron chi connectivity index (χ4n) is 2.45. The van der Waals surface area contributed by atoms with Gasteiger partial charge in [-0.15, -0.1) is 0 Å². The van der Waals surface area contributed by atoms with Crippen LogP contribution in [0.2, 0.25) is 0 Å². The van der Waals surface area contributed by atoms with Crippen molar-refractivity contribution in [2.24, 2.45) is 5.92 Å². The Balaban J connectivity index is 1.69. The molecule has 2 rings (SSSR count). The predicted octanol–water partition coefficient (Wildman–Crippen LogP) is 2.21.